The average Bonchev–Trinajstić information content (AvgIpc) is 3.19. The van der Waals surface area contributed by atoms with Crippen molar-refractivity contribution < 1.29 is 28.7 Å². The predicted octanol–water partition coefficient (Wildman–Crippen LogP) is 2.87. The lowest BCUT2D eigenvalue weighted by molar-refractivity contribution is -0.147. The molecule has 0 spiro atoms. The number of nitrogens with zero attached hydrogens (tertiary/aromatic N) is 2. The van der Waals surface area contributed by atoms with Gasteiger partial charge < -0.3 is 29.9 Å². The van der Waals surface area contributed by atoms with Gasteiger partial charge in [-0.25, -0.2) is 4.79 Å². The molecule has 0 saturated carbocycles. The lowest BCUT2D eigenvalue weighted by atomic mass is 10.1. The number of fused-ring (bicyclic) bond motifs is 2. The maximum Gasteiger partial charge on any atom is 0.410 e. The second-order valence-electron chi connectivity index (χ2n) is 10.4. The molecule has 2 saturated heterocycles. The van der Waals surface area contributed by atoms with Crippen LogP contribution in [0.3, 0.4) is 0 Å². The number of hydrogen-bond acceptors (Lipinski definition) is 6. The van der Waals surface area contributed by atoms with E-state index in [1.54, 1.807) is 20.8 Å². The van der Waals surface area contributed by atoms with E-state index in [1.165, 1.54) is 11.9 Å². The van der Waals surface area contributed by atoms with Gasteiger partial charge in [0.15, 0.2) is 0 Å². The van der Waals surface area contributed by atoms with Crippen LogP contribution in [-0.4, -0.2) is 77.7 Å². The number of amides is 4. The van der Waals surface area contributed by atoms with Crippen molar-refractivity contribution in [3.8, 4) is 0 Å². The topological polar surface area (TPSA) is 117 Å². The van der Waals surface area contributed by atoms with Gasteiger partial charge in [0.05, 0.1) is 6.61 Å². The molecule has 37 heavy (non-hydrogen) atoms. The molecule has 2 aliphatic rings. The van der Waals surface area contributed by atoms with Crippen LogP contribution in [0.15, 0.2) is 42.5 Å². The molecule has 0 unspecified atom stereocenters. The number of hydrogen-bond donors (Lipinski definition) is 2. The molecule has 2 N–H and O–H groups in total. The van der Waals surface area contributed by atoms with Gasteiger partial charge in [-0.05, 0) is 45.1 Å². The van der Waals surface area contributed by atoms with E-state index in [0.717, 1.165) is 15.7 Å². The van der Waals surface area contributed by atoms with Gasteiger partial charge in [0.1, 0.15) is 30.5 Å². The van der Waals surface area contributed by atoms with Crippen LogP contribution in [0.1, 0.15) is 40.0 Å². The first-order chi connectivity index (χ1) is 17.5. The first-order valence-corrected chi connectivity index (χ1v) is 12.5. The van der Waals surface area contributed by atoms with E-state index in [0.29, 0.717) is 18.5 Å². The van der Waals surface area contributed by atoms with E-state index in [-0.39, 0.29) is 31.4 Å². The lowest BCUT2D eigenvalue weighted by Gasteiger charge is -2.30. The van der Waals surface area contributed by atoms with Crippen LogP contribution in [0.4, 0.5) is 10.5 Å². The molecule has 4 rings (SSSR count). The Morgan fingerprint density at radius 2 is 1.81 bits per heavy atom. The second-order valence-corrected chi connectivity index (χ2v) is 10.4. The zero-order chi connectivity index (χ0) is 26.7. The third kappa shape index (κ3) is 6.19. The van der Waals surface area contributed by atoms with Crippen molar-refractivity contribution in [2.75, 3.05) is 25.5 Å². The van der Waals surface area contributed by atoms with E-state index in [2.05, 4.69) is 10.6 Å². The summed E-state index contributed by atoms with van der Waals surface area (Å²) in [6.45, 7) is 5.21. The monoisotopic (exact) mass is 510 g/mol. The average molecular weight is 511 g/mol. The van der Waals surface area contributed by atoms with Gasteiger partial charge in [0, 0.05) is 24.5 Å². The molecule has 0 radical (unpaired) electrons. The number of carbonyl (C=O) groups excluding carboxylic acids is 4. The van der Waals surface area contributed by atoms with Crippen molar-refractivity contribution in [3.63, 3.8) is 0 Å². The fraction of sp³-hybridized carbons (Fsp3) is 0.481. The minimum absolute atomic E-state index is 0.261. The molecule has 2 aromatic carbocycles. The molecule has 0 aromatic heterocycles. The Balaban J connectivity index is 1.43. The highest BCUT2D eigenvalue weighted by molar-refractivity contribution is 6.05. The smallest absolute Gasteiger partial charge is 0.410 e. The Kier molecular flexibility index (Phi) is 7.68. The summed E-state index contributed by atoms with van der Waals surface area (Å²) in [4.78, 5) is 54.3. The zero-order valence-electron chi connectivity index (χ0n) is 21.7. The zero-order valence-corrected chi connectivity index (χ0v) is 21.7. The number of nitrogens with one attached hydrogen (secondary N) is 2. The summed E-state index contributed by atoms with van der Waals surface area (Å²) >= 11 is 0. The molecule has 10 nitrogen and oxygen atoms in total. The third-order valence-electron chi connectivity index (χ3n) is 6.37. The predicted molar refractivity (Wildman–Crippen MR) is 138 cm³/mol. The van der Waals surface area contributed by atoms with Gasteiger partial charge in [-0.1, -0.05) is 36.4 Å². The van der Waals surface area contributed by atoms with E-state index >= 15 is 0 Å². The van der Waals surface area contributed by atoms with Crippen molar-refractivity contribution in [2.24, 2.45) is 0 Å². The summed E-state index contributed by atoms with van der Waals surface area (Å²) in [5, 5.41) is 7.60. The largest absolute Gasteiger partial charge is 0.444 e. The molecule has 2 fully saturated rings. The minimum atomic E-state index is -0.865. The van der Waals surface area contributed by atoms with Crippen molar-refractivity contribution in [2.45, 2.75) is 63.9 Å². The summed E-state index contributed by atoms with van der Waals surface area (Å²) in [5.41, 5.74) is -0.0206. The molecule has 2 aromatic rings. The van der Waals surface area contributed by atoms with Crippen molar-refractivity contribution in [1.82, 2.24) is 15.1 Å². The molecule has 3 atom stereocenters. The Labute approximate surface area is 216 Å². The van der Waals surface area contributed by atoms with E-state index in [1.807, 2.05) is 42.5 Å². The first kappa shape index (κ1) is 26.4. The number of benzene rings is 2. The van der Waals surface area contributed by atoms with Gasteiger partial charge in [-0.15, -0.1) is 0 Å². The van der Waals surface area contributed by atoms with Crippen LogP contribution in [0.5, 0.6) is 0 Å². The van der Waals surface area contributed by atoms with Crippen molar-refractivity contribution in [1.29, 1.82) is 0 Å². The number of anilines is 1. The second kappa shape index (κ2) is 10.8. The molecular formula is C27H34N4O6. The summed E-state index contributed by atoms with van der Waals surface area (Å²) in [6.07, 6.45) is 0.0899. The molecule has 2 aliphatic heterocycles. The van der Waals surface area contributed by atoms with Crippen LogP contribution in [0, 0.1) is 0 Å². The first-order valence-electron chi connectivity index (χ1n) is 12.5. The maximum atomic E-state index is 13.5. The van der Waals surface area contributed by atoms with Crippen molar-refractivity contribution in [3.05, 3.63) is 42.5 Å². The molecular weight excluding hydrogens is 476 g/mol. The quantitative estimate of drug-likeness (QED) is 0.639. The van der Waals surface area contributed by atoms with Gasteiger partial charge in [-0.3, -0.25) is 14.4 Å². The number of ether oxygens (including phenoxy) is 2. The van der Waals surface area contributed by atoms with Crippen LogP contribution in [-0.2, 0) is 23.9 Å². The standard InChI is InChI=1S/C27H34N4O6/c1-27(2,3)37-26(35)30(4)16-22(32)28-20-14-15-36-23-13-12-21(31(23)25(20)34)24(33)29-19-11-7-9-17-8-5-6-10-18(17)19/h5-11,20-21,23H,12-16H2,1-4H3,(H,28,32)(H,29,33)/t20-,21-,23-/m0/s1. The van der Waals surface area contributed by atoms with Crippen LogP contribution >= 0.6 is 0 Å². The highest BCUT2D eigenvalue weighted by atomic mass is 16.6. The van der Waals surface area contributed by atoms with Crippen LogP contribution in [0.2, 0.25) is 0 Å². The summed E-state index contributed by atoms with van der Waals surface area (Å²) in [5.74, 6) is -1.17. The Morgan fingerprint density at radius 3 is 2.57 bits per heavy atom. The van der Waals surface area contributed by atoms with Crippen LogP contribution in [0.25, 0.3) is 10.8 Å². The van der Waals surface area contributed by atoms with Crippen LogP contribution < -0.4 is 10.6 Å². The van der Waals surface area contributed by atoms with E-state index in [4.69, 9.17) is 9.47 Å². The molecule has 4 amide bonds. The molecule has 198 valence electrons. The number of carbonyl (C=O) groups is 4. The Morgan fingerprint density at radius 1 is 1.08 bits per heavy atom. The highest BCUT2D eigenvalue weighted by Crippen LogP contribution is 2.31. The number of rotatable bonds is 5. The SMILES string of the molecule is CN(CC(=O)N[C@H]1CCO[C@H]2CC[C@@H](C(=O)Nc3cccc4ccccc34)N2C1=O)C(=O)OC(C)(C)C. The van der Waals surface area contributed by atoms with Gasteiger partial charge in [-0.2, -0.15) is 0 Å². The summed E-state index contributed by atoms with van der Waals surface area (Å²) in [7, 11) is 1.45. The highest BCUT2D eigenvalue weighted by Gasteiger charge is 2.45. The Bertz CT molecular complexity index is 1190. The molecule has 10 heteroatoms. The summed E-state index contributed by atoms with van der Waals surface area (Å²) in [6, 6.07) is 11.8. The van der Waals surface area contributed by atoms with Gasteiger partial charge >= 0.3 is 6.09 Å². The van der Waals surface area contributed by atoms with Gasteiger partial charge in [0.25, 0.3) is 0 Å². The number of likely N-dealkylation sites (N-methyl/N-ethyl adjacent to an activating group) is 1. The third-order valence-corrected chi connectivity index (χ3v) is 6.37. The molecule has 0 aliphatic carbocycles. The Hall–Kier alpha value is -3.66. The molecule has 2 heterocycles. The lowest BCUT2D eigenvalue weighted by Crippen LogP contribution is -2.54. The fourth-order valence-corrected chi connectivity index (χ4v) is 4.67. The maximum absolute atomic E-state index is 13.5. The normalized spacial score (nSPS) is 21.7. The molecule has 0 bridgehead atoms. The van der Waals surface area contributed by atoms with Gasteiger partial charge in [0.2, 0.25) is 17.7 Å². The summed E-state index contributed by atoms with van der Waals surface area (Å²) < 4.78 is 11.1. The van der Waals surface area contributed by atoms with E-state index < -0.39 is 35.9 Å². The van der Waals surface area contributed by atoms with E-state index in [9.17, 15) is 19.2 Å². The minimum Gasteiger partial charge on any atom is -0.444 e. The fourth-order valence-electron chi connectivity index (χ4n) is 4.67. The van der Waals surface area contributed by atoms with Crippen molar-refractivity contribution >= 4 is 40.3 Å².